The fourth-order valence-corrected chi connectivity index (χ4v) is 2.05. The largest absolute Gasteiger partial charge is 0.288 e. The van der Waals surface area contributed by atoms with E-state index in [9.17, 15) is 13.6 Å². The van der Waals surface area contributed by atoms with Crippen LogP contribution < -0.4 is 0 Å². The lowest BCUT2D eigenvalue weighted by molar-refractivity contribution is 0.103. The number of halogens is 2. The summed E-state index contributed by atoms with van der Waals surface area (Å²) in [5.74, 6) is -1.37. The molecule has 0 aliphatic carbocycles. The Morgan fingerprint density at radius 3 is 2.11 bits per heavy atom. The fourth-order valence-electron chi connectivity index (χ4n) is 2.05. The van der Waals surface area contributed by atoms with Crippen molar-refractivity contribution < 1.29 is 13.6 Å². The second-order valence-electron chi connectivity index (χ2n) is 4.22. The third kappa shape index (κ3) is 2.16. The van der Waals surface area contributed by atoms with Crippen LogP contribution >= 0.6 is 0 Å². The molecule has 0 aliphatic heterocycles. The van der Waals surface area contributed by atoms with E-state index in [2.05, 4.69) is 0 Å². The molecule has 2 rings (SSSR count). The summed E-state index contributed by atoms with van der Waals surface area (Å²) in [6, 6.07) is 8.35. The average Bonchev–Trinajstić information content (AvgIpc) is 2.27. The van der Waals surface area contributed by atoms with Crippen LogP contribution in [0.3, 0.4) is 0 Å². The van der Waals surface area contributed by atoms with Gasteiger partial charge in [-0.3, -0.25) is 4.79 Å². The smallest absolute Gasteiger partial charge is 0.196 e. The molecule has 0 radical (unpaired) electrons. The number of hydrogen-bond donors (Lipinski definition) is 0. The summed E-state index contributed by atoms with van der Waals surface area (Å²) in [5, 5.41) is 0. The van der Waals surface area contributed by atoms with Crippen LogP contribution in [0.5, 0.6) is 0 Å². The third-order valence-electron chi connectivity index (χ3n) is 2.84. The number of benzene rings is 2. The molecule has 0 bridgehead atoms. The molecule has 2 aromatic carbocycles. The summed E-state index contributed by atoms with van der Waals surface area (Å²) in [4.78, 5) is 12.3. The Balaban J connectivity index is 2.57. The van der Waals surface area contributed by atoms with Crippen molar-refractivity contribution in [1.29, 1.82) is 0 Å². The predicted molar refractivity (Wildman–Crippen MR) is 65.7 cm³/mol. The van der Waals surface area contributed by atoms with E-state index in [1.165, 1.54) is 30.3 Å². The van der Waals surface area contributed by atoms with E-state index in [1.807, 2.05) is 0 Å². The molecule has 18 heavy (non-hydrogen) atoms. The molecule has 2 aromatic rings. The number of aryl methyl sites for hydroxylation is 2. The van der Waals surface area contributed by atoms with Gasteiger partial charge in [0.15, 0.2) is 5.78 Å². The lowest BCUT2D eigenvalue weighted by Crippen LogP contribution is -2.08. The maximum atomic E-state index is 13.6. The fraction of sp³-hybridized carbons (Fsp3) is 0.133. The first-order chi connectivity index (χ1) is 8.50. The molecule has 0 heterocycles. The van der Waals surface area contributed by atoms with Gasteiger partial charge in [-0.2, -0.15) is 0 Å². The van der Waals surface area contributed by atoms with E-state index in [4.69, 9.17) is 0 Å². The van der Waals surface area contributed by atoms with Crippen LogP contribution in [-0.2, 0) is 0 Å². The zero-order valence-corrected chi connectivity index (χ0v) is 10.1. The number of ketones is 1. The van der Waals surface area contributed by atoms with Gasteiger partial charge in [0.05, 0.1) is 5.56 Å². The molecule has 0 spiro atoms. The Morgan fingerprint density at radius 1 is 1.00 bits per heavy atom. The number of hydrogen-bond acceptors (Lipinski definition) is 1. The van der Waals surface area contributed by atoms with Crippen molar-refractivity contribution in [3.05, 3.63) is 70.3 Å². The van der Waals surface area contributed by atoms with Crippen LogP contribution in [0, 0.1) is 25.5 Å². The zero-order chi connectivity index (χ0) is 13.3. The SMILES string of the molecule is Cc1cc(F)cc(C)c1C(=O)c1ccccc1F. The highest BCUT2D eigenvalue weighted by Gasteiger charge is 2.18. The molecule has 1 nitrogen and oxygen atoms in total. The summed E-state index contributed by atoms with van der Waals surface area (Å²) in [6.07, 6.45) is 0. The molecule has 0 saturated carbocycles. The van der Waals surface area contributed by atoms with Gasteiger partial charge in [0, 0.05) is 5.56 Å². The van der Waals surface area contributed by atoms with Gasteiger partial charge in [-0.15, -0.1) is 0 Å². The van der Waals surface area contributed by atoms with Gasteiger partial charge < -0.3 is 0 Å². The Kier molecular flexibility index (Phi) is 3.24. The summed E-state index contributed by atoms with van der Waals surface area (Å²) >= 11 is 0. The quantitative estimate of drug-likeness (QED) is 0.736. The Hall–Kier alpha value is -2.03. The molecule has 3 heteroatoms. The van der Waals surface area contributed by atoms with Gasteiger partial charge in [-0.1, -0.05) is 12.1 Å². The van der Waals surface area contributed by atoms with Crippen LogP contribution in [0.25, 0.3) is 0 Å². The summed E-state index contributed by atoms with van der Waals surface area (Å²) in [5.41, 5.74) is 1.40. The van der Waals surface area contributed by atoms with E-state index < -0.39 is 17.4 Å². The predicted octanol–water partition coefficient (Wildman–Crippen LogP) is 3.81. The number of carbonyl (C=O) groups is 1. The summed E-state index contributed by atoms with van der Waals surface area (Å²) < 4.78 is 26.7. The molecule has 0 aromatic heterocycles. The first-order valence-corrected chi connectivity index (χ1v) is 5.56. The van der Waals surface area contributed by atoms with Crippen molar-refractivity contribution in [2.75, 3.05) is 0 Å². The molecule has 0 amide bonds. The third-order valence-corrected chi connectivity index (χ3v) is 2.84. The van der Waals surface area contributed by atoms with Gasteiger partial charge in [0.1, 0.15) is 11.6 Å². The Labute approximate surface area is 104 Å². The standard InChI is InChI=1S/C15H12F2O/c1-9-7-11(16)8-10(2)14(9)15(18)12-5-3-4-6-13(12)17/h3-8H,1-2H3. The molecule has 0 unspecified atom stereocenters. The minimum absolute atomic E-state index is 0.00954. The maximum Gasteiger partial charge on any atom is 0.196 e. The molecule has 0 fully saturated rings. The minimum atomic E-state index is -0.564. The summed E-state index contributed by atoms with van der Waals surface area (Å²) in [7, 11) is 0. The Bertz CT molecular complexity index is 595. The van der Waals surface area contributed by atoms with Crippen molar-refractivity contribution in [2.45, 2.75) is 13.8 Å². The lowest BCUT2D eigenvalue weighted by atomic mass is 9.94. The van der Waals surface area contributed by atoms with Crippen LogP contribution in [0.1, 0.15) is 27.0 Å². The van der Waals surface area contributed by atoms with Gasteiger partial charge in [0.25, 0.3) is 0 Å². The molecule has 92 valence electrons. The van der Waals surface area contributed by atoms with Gasteiger partial charge in [-0.25, -0.2) is 8.78 Å². The van der Waals surface area contributed by atoms with Gasteiger partial charge in [0.2, 0.25) is 0 Å². The highest BCUT2D eigenvalue weighted by Crippen LogP contribution is 2.21. The maximum absolute atomic E-state index is 13.6. The van der Waals surface area contributed by atoms with Crippen molar-refractivity contribution in [1.82, 2.24) is 0 Å². The minimum Gasteiger partial charge on any atom is -0.288 e. The van der Waals surface area contributed by atoms with Crippen LogP contribution in [0.15, 0.2) is 36.4 Å². The van der Waals surface area contributed by atoms with E-state index in [-0.39, 0.29) is 5.56 Å². The Morgan fingerprint density at radius 2 is 1.56 bits per heavy atom. The monoisotopic (exact) mass is 246 g/mol. The van der Waals surface area contributed by atoms with Gasteiger partial charge in [-0.05, 0) is 49.2 Å². The van der Waals surface area contributed by atoms with Crippen LogP contribution in [-0.4, -0.2) is 5.78 Å². The normalized spacial score (nSPS) is 10.4. The second-order valence-corrected chi connectivity index (χ2v) is 4.22. The molecule has 0 atom stereocenters. The zero-order valence-electron chi connectivity index (χ0n) is 10.1. The van der Waals surface area contributed by atoms with E-state index in [0.29, 0.717) is 16.7 Å². The highest BCUT2D eigenvalue weighted by atomic mass is 19.1. The molecular formula is C15H12F2O. The molecular weight excluding hydrogens is 234 g/mol. The first kappa shape index (κ1) is 12.4. The summed E-state index contributed by atoms with van der Waals surface area (Å²) in [6.45, 7) is 3.29. The lowest BCUT2D eigenvalue weighted by Gasteiger charge is -2.09. The van der Waals surface area contributed by atoms with Crippen molar-refractivity contribution >= 4 is 5.78 Å². The molecule has 0 aliphatic rings. The van der Waals surface area contributed by atoms with Crippen molar-refractivity contribution in [2.24, 2.45) is 0 Å². The molecule has 0 saturated heterocycles. The van der Waals surface area contributed by atoms with E-state index >= 15 is 0 Å². The number of carbonyl (C=O) groups excluding carboxylic acids is 1. The van der Waals surface area contributed by atoms with Crippen LogP contribution in [0.4, 0.5) is 8.78 Å². The van der Waals surface area contributed by atoms with E-state index in [0.717, 1.165) is 0 Å². The highest BCUT2D eigenvalue weighted by molar-refractivity contribution is 6.10. The number of rotatable bonds is 2. The second kappa shape index (κ2) is 4.69. The first-order valence-electron chi connectivity index (χ1n) is 5.56. The average molecular weight is 246 g/mol. The van der Waals surface area contributed by atoms with Crippen molar-refractivity contribution in [3.8, 4) is 0 Å². The van der Waals surface area contributed by atoms with Gasteiger partial charge >= 0.3 is 0 Å². The van der Waals surface area contributed by atoms with E-state index in [1.54, 1.807) is 19.9 Å². The van der Waals surface area contributed by atoms with Crippen molar-refractivity contribution in [3.63, 3.8) is 0 Å². The topological polar surface area (TPSA) is 17.1 Å². The molecule has 0 N–H and O–H groups in total. The van der Waals surface area contributed by atoms with Crippen LogP contribution in [0.2, 0.25) is 0 Å².